The smallest absolute Gasteiger partial charge is 0.255 e. The summed E-state index contributed by atoms with van der Waals surface area (Å²) >= 11 is 5.96. The van der Waals surface area contributed by atoms with Gasteiger partial charge in [0, 0.05) is 0 Å². The minimum atomic E-state index is -0.233. The lowest BCUT2D eigenvalue weighted by Gasteiger charge is -2.07. The fraction of sp³-hybridized carbons (Fsp3) is 0.167. The third-order valence-corrected chi connectivity index (χ3v) is 3.26. The molecule has 1 amide bonds. The lowest BCUT2D eigenvalue weighted by molar-refractivity contribution is 0.0955. The molecule has 2 aromatic carbocycles. The molecule has 4 nitrogen and oxygen atoms in total. The van der Waals surface area contributed by atoms with E-state index in [0.29, 0.717) is 22.1 Å². The maximum atomic E-state index is 12.0. The number of amides is 1. The predicted octanol–water partition coefficient (Wildman–Crippen LogP) is 3.16. The summed E-state index contributed by atoms with van der Waals surface area (Å²) in [7, 11) is 1.53. The van der Waals surface area contributed by atoms with Crippen molar-refractivity contribution in [2.24, 2.45) is 0 Å². The summed E-state index contributed by atoms with van der Waals surface area (Å²) in [6, 6.07) is 14.2. The standard InChI is InChI=1S/C18H16ClNO3/c1-22-16-10-4-2-8-14(16)18(21)20-12-6-7-13-23-17-11-5-3-9-15(17)19/h2-5,8-11H,12-13H2,1H3,(H,20,21). The summed E-state index contributed by atoms with van der Waals surface area (Å²) in [5.74, 6) is 6.52. The maximum Gasteiger partial charge on any atom is 0.255 e. The van der Waals surface area contributed by atoms with Crippen molar-refractivity contribution < 1.29 is 14.3 Å². The Balaban J connectivity index is 1.79. The molecule has 1 N–H and O–H groups in total. The first kappa shape index (κ1) is 16.7. The van der Waals surface area contributed by atoms with Crippen molar-refractivity contribution in [2.45, 2.75) is 0 Å². The van der Waals surface area contributed by atoms with Crippen molar-refractivity contribution in [3.8, 4) is 23.3 Å². The van der Waals surface area contributed by atoms with Gasteiger partial charge in [0.1, 0.15) is 18.1 Å². The quantitative estimate of drug-likeness (QED) is 0.857. The number of carbonyl (C=O) groups excluding carboxylic acids is 1. The number of para-hydroxylation sites is 2. The minimum Gasteiger partial charge on any atom is -0.496 e. The van der Waals surface area contributed by atoms with E-state index in [1.54, 1.807) is 30.3 Å². The van der Waals surface area contributed by atoms with Crippen LogP contribution in [0.1, 0.15) is 10.4 Å². The molecule has 0 aromatic heterocycles. The average Bonchev–Trinajstić information content (AvgIpc) is 2.59. The van der Waals surface area contributed by atoms with E-state index in [1.807, 2.05) is 18.2 Å². The summed E-state index contributed by atoms with van der Waals surface area (Å²) in [6.45, 7) is 0.428. The average molecular weight is 330 g/mol. The van der Waals surface area contributed by atoms with Crippen LogP contribution in [0.15, 0.2) is 48.5 Å². The highest BCUT2D eigenvalue weighted by Gasteiger charge is 2.09. The van der Waals surface area contributed by atoms with E-state index in [0.717, 1.165) is 0 Å². The van der Waals surface area contributed by atoms with Crippen LogP contribution in [0.25, 0.3) is 0 Å². The van der Waals surface area contributed by atoms with Gasteiger partial charge in [-0.25, -0.2) is 0 Å². The second-order valence-electron chi connectivity index (χ2n) is 4.46. The number of hydrogen-bond donors (Lipinski definition) is 1. The molecule has 0 fully saturated rings. The Morgan fingerprint density at radius 3 is 2.52 bits per heavy atom. The van der Waals surface area contributed by atoms with Crippen molar-refractivity contribution in [1.82, 2.24) is 5.32 Å². The van der Waals surface area contributed by atoms with Crippen LogP contribution in [0.4, 0.5) is 0 Å². The van der Waals surface area contributed by atoms with Crippen molar-refractivity contribution in [1.29, 1.82) is 0 Å². The molecule has 0 atom stereocenters. The van der Waals surface area contributed by atoms with Gasteiger partial charge in [-0.15, -0.1) is 0 Å². The molecule has 0 spiro atoms. The zero-order valence-corrected chi connectivity index (χ0v) is 13.4. The van der Waals surface area contributed by atoms with Crippen molar-refractivity contribution in [3.05, 3.63) is 59.1 Å². The molecule has 0 saturated heterocycles. The minimum absolute atomic E-state index is 0.203. The van der Waals surface area contributed by atoms with Crippen LogP contribution >= 0.6 is 11.6 Å². The SMILES string of the molecule is COc1ccccc1C(=O)NCC#CCOc1ccccc1Cl. The van der Waals surface area contributed by atoms with Crippen LogP contribution in [0, 0.1) is 11.8 Å². The van der Waals surface area contributed by atoms with Crippen LogP contribution in [0.5, 0.6) is 11.5 Å². The predicted molar refractivity (Wildman–Crippen MR) is 90.1 cm³/mol. The number of benzene rings is 2. The van der Waals surface area contributed by atoms with Gasteiger partial charge < -0.3 is 14.8 Å². The Hall–Kier alpha value is -2.64. The monoisotopic (exact) mass is 329 g/mol. The summed E-state index contributed by atoms with van der Waals surface area (Å²) in [5.41, 5.74) is 0.476. The third kappa shape index (κ3) is 4.94. The normalized spacial score (nSPS) is 9.48. The van der Waals surface area contributed by atoms with Crippen LogP contribution in [-0.2, 0) is 0 Å². The van der Waals surface area contributed by atoms with Gasteiger partial charge >= 0.3 is 0 Å². The molecule has 0 aliphatic rings. The molecule has 118 valence electrons. The Labute approximate surface area is 140 Å². The van der Waals surface area contributed by atoms with Gasteiger partial charge in [-0.2, -0.15) is 0 Å². The summed E-state index contributed by atoms with van der Waals surface area (Å²) in [6.07, 6.45) is 0. The van der Waals surface area contributed by atoms with Crippen LogP contribution in [0.2, 0.25) is 5.02 Å². The number of ether oxygens (including phenoxy) is 2. The van der Waals surface area contributed by atoms with Gasteiger partial charge in [-0.05, 0) is 24.3 Å². The van der Waals surface area contributed by atoms with Crippen molar-refractivity contribution >= 4 is 17.5 Å². The molecule has 23 heavy (non-hydrogen) atoms. The zero-order valence-electron chi connectivity index (χ0n) is 12.6. The molecular formula is C18H16ClNO3. The number of hydrogen-bond acceptors (Lipinski definition) is 3. The number of nitrogens with one attached hydrogen (secondary N) is 1. The van der Waals surface area contributed by atoms with Crippen LogP contribution < -0.4 is 14.8 Å². The van der Waals surface area contributed by atoms with Crippen molar-refractivity contribution in [3.63, 3.8) is 0 Å². The molecule has 2 aromatic rings. The molecule has 0 aliphatic carbocycles. The summed E-state index contributed by atoms with van der Waals surface area (Å²) < 4.78 is 10.6. The topological polar surface area (TPSA) is 47.6 Å². The number of carbonyl (C=O) groups is 1. The van der Waals surface area contributed by atoms with Gasteiger partial charge in [0.15, 0.2) is 0 Å². The van der Waals surface area contributed by atoms with Gasteiger partial charge in [0.2, 0.25) is 0 Å². The molecule has 0 unspecified atom stereocenters. The second-order valence-corrected chi connectivity index (χ2v) is 4.86. The molecule has 2 rings (SSSR count). The van der Waals surface area contributed by atoms with Crippen molar-refractivity contribution in [2.75, 3.05) is 20.3 Å². The first-order chi connectivity index (χ1) is 11.2. The fourth-order valence-corrected chi connectivity index (χ4v) is 2.03. The zero-order chi connectivity index (χ0) is 16.5. The Bertz CT molecular complexity index is 734. The maximum absolute atomic E-state index is 12.0. The lowest BCUT2D eigenvalue weighted by atomic mass is 10.2. The van der Waals surface area contributed by atoms with E-state index in [9.17, 15) is 4.79 Å². The van der Waals surface area contributed by atoms with E-state index in [2.05, 4.69) is 17.2 Å². The summed E-state index contributed by atoms with van der Waals surface area (Å²) in [4.78, 5) is 12.0. The molecule has 0 radical (unpaired) electrons. The van der Waals surface area contributed by atoms with Crippen LogP contribution in [-0.4, -0.2) is 26.2 Å². The van der Waals surface area contributed by atoms with Gasteiger partial charge in [-0.1, -0.05) is 47.7 Å². The van der Waals surface area contributed by atoms with Crippen LogP contribution in [0.3, 0.4) is 0 Å². The molecule has 0 saturated carbocycles. The Kier molecular flexibility index (Phi) is 6.34. The first-order valence-electron chi connectivity index (χ1n) is 6.96. The lowest BCUT2D eigenvalue weighted by Crippen LogP contribution is -2.24. The van der Waals surface area contributed by atoms with E-state index in [4.69, 9.17) is 21.1 Å². The number of methoxy groups -OCH3 is 1. The highest BCUT2D eigenvalue weighted by Crippen LogP contribution is 2.22. The molecule has 5 heteroatoms. The molecule has 0 heterocycles. The van der Waals surface area contributed by atoms with E-state index in [-0.39, 0.29) is 19.1 Å². The van der Waals surface area contributed by atoms with Gasteiger partial charge in [0.25, 0.3) is 5.91 Å². The highest BCUT2D eigenvalue weighted by atomic mass is 35.5. The van der Waals surface area contributed by atoms with E-state index < -0.39 is 0 Å². The number of halogens is 1. The molecule has 0 bridgehead atoms. The Morgan fingerprint density at radius 1 is 1.09 bits per heavy atom. The van der Waals surface area contributed by atoms with Gasteiger partial charge in [0.05, 0.1) is 24.2 Å². The molecule has 0 aliphatic heterocycles. The Morgan fingerprint density at radius 2 is 1.78 bits per heavy atom. The van der Waals surface area contributed by atoms with E-state index >= 15 is 0 Å². The largest absolute Gasteiger partial charge is 0.496 e. The first-order valence-corrected chi connectivity index (χ1v) is 7.34. The van der Waals surface area contributed by atoms with E-state index in [1.165, 1.54) is 7.11 Å². The number of rotatable bonds is 5. The third-order valence-electron chi connectivity index (χ3n) is 2.95. The highest BCUT2D eigenvalue weighted by molar-refractivity contribution is 6.32. The second kappa shape index (κ2) is 8.72. The summed E-state index contributed by atoms with van der Waals surface area (Å²) in [5, 5.41) is 3.25. The molecular weight excluding hydrogens is 314 g/mol. The fourth-order valence-electron chi connectivity index (χ4n) is 1.84. The van der Waals surface area contributed by atoms with Gasteiger partial charge in [-0.3, -0.25) is 4.79 Å².